The molecule has 1 aromatic carbocycles. The van der Waals surface area contributed by atoms with Gasteiger partial charge in [0.05, 0.1) is 16.2 Å². The number of nitro benzene ring substituents is 1. The molecule has 10 nitrogen and oxygen atoms in total. The Kier molecular flexibility index (Phi) is 9.91. The van der Waals surface area contributed by atoms with Crippen LogP contribution in [-0.4, -0.2) is 41.7 Å². The zero-order chi connectivity index (χ0) is 24.5. The summed E-state index contributed by atoms with van der Waals surface area (Å²) in [6, 6.07) is 5.81. The van der Waals surface area contributed by atoms with Gasteiger partial charge in [-0.3, -0.25) is 14.9 Å². The molecule has 0 unspecified atom stereocenters. The quantitative estimate of drug-likeness (QED) is 0.500. The number of nitrogens with two attached hydrogens (primary N) is 1. The molecule has 1 aromatic rings. The third-order valence-corrected chi connectivity index (χ3v) is 4.50. The highest BCUT2D eigenvalue weighted by atomic mass is 16.6. The molecule has 32 heavy (non-hydrogen) atoms. The van der Waals surface area contributed by atoms with Crippen LogP contribution in [0.4, 0.5) is 16.2 Å². The molecule has 2 rings (SSSR count). The Bertz CT molecular complexity index is 851. The van der Waals surface area contributed by atoms with Crippen molar-refractivity contribution < 1.29 is 19.2 Å². The molecule has 1 heterocycles. The van der Waals surface area contributed by atoms with Gasteiger partial charge < -0.3 is 20.7 Å². The Morgan fingerprint density at radius 3 is 2.34 bits per heavy atom. The third-order valence-electron chi connectivity index (χ3n) is 4.50. The average molecular weight is 448 g/mol. The number of carbonyl (C=O) groups excluding carboxylic acids is 2. The number of alkyl carbamates (subject to hydrolysis) is 1. The maximum absolute atomic E-state index is 11.4. The summed E-state index contributed by atoms with van der Waals surface area (Å²) < 4.78 is 5.04. The number of nitro groups is 1. The van der Waals surface area contributed by atoms with Gasteiger partial charge in [0, 0.05) is 25.2 Å². The smallest absolute Gasteiger partial charge is 0.408 e. The fourth-order valence-corrected chi connectivity index (χ4v) is 3.13. The van der Waals surface area contributed by atoms with E-state index < -0.39 is 28.6 Å². The van der Waals surface area contributed by atoms with Gasteiger partial charge in [0.25, 0.3) is 5.69 Å². The van der Waals surface area contributed by atoms with Crippen molar-refractivity contribution >= 4 is 23.4 Å². The summed E-state index contributed by atoms with van der Waals surface area (Å²) in [6.07, 6.45) is 2.12. The number of primary amides is 1. The number of non-ortho nitro benzene ring substituents is 1. The lowest BCUT2D eigenvalue weighted by Crippen LogP contribution is -2.46. The number of hydrogen-bond donors (Lipinski definition) is 2. The molecule has 10 heteroatoms. The molecule has 0 bridgehead atoms. The number of hydrogen-bond acceptors (Lipinski definition) is 7. The Labute approximate surface area is 188 Å². The highest BCUT2D eigenvalue weighted by Gasteiger charge is 2.23. The lowest BCUT2D eigenvalue weighted by Gasteiger charge is -2.23. The fraction of sp³-hybridized carbons (Fsp3) is 0.591. The molecule has 1 aliphatic heterocycles. The van der Waals surface area contributed by atoms with Crippen molar-refractivity contribution in [3.63, 3.8) is 0 Å². The maximum Gasteiger partial charge on any atom is 0.408 e. The van der Waals surface area contributed by atoms with Gasteiger partial charge >= 0.3 is 6.09 Å². The van der Waals surface area contributed by atoms with Crippen LogP contribution in [0.3, 0.4) is 0 Å². The Balaban J connectivity index is 0.000000320. The zero-order valence-corrected chi connectivity index (χ0v) is 19.4. The molecule has 0 saturated carbocycles. The van der Waals surface area contributed by atoms with Gasteiger partial charge in [-0.15, -0.1) is 0 Å². The first kappa shape index (κ1) is 26.7. The molecular formula is C22H33N5O5. The molecule has 0 aromatic heterocycles. The second kappa shape index (κ2) is 11.9. The normalized spacial score (nSPS) is 14.1. The van der Waals surface area contributed by atoms with Gasteiger partial charge in [-0.2, -0.15) is 5.26 Å². The van der Waals surface area contributed by atoms with Crippen LogP contribution in [0, 0.1) is 27.4 Å². The minimum absolute atomic E-state index is 0.0282. The van der Waals surface area contributed by atoms with Crippen LogP contribution in [0.25, 0.3) is 0 Å². The van der Waals surface area contributed by atoms with E-state index in [0.29, 0.717) is 12.0 Å². The highest BCUT2D eigenvalue weighted by Crippen LogP contribution is 2.27. The number of carbonyl (C=O) groups is 2. The predicted octanol–water partition coefficient (Wildman–Crippen LogP) is 3.48. The fourth-order valence-electron chi connectivity index (χ4n) is 3.13. The molecule has 0 radical (unpaired) electrons. The molecule has 1 fully saturated rings. The van der Waals surface area contributed by atoms with E-state index >= 15 is 0 Å². The van der Waals surface area contributed by atoms with E-state index in [1.807, 2.05) is 19.9 Å². The first-order valence-electron chi connectivity index (χ1n) is 10.6. The molecular weight excluding hydrogens is 414 g/mol. The zero-order valence-electron chi connectivity index (χ0n) is 19.4. The average Bonchev–Trinajstić information content (AvgIpc) is 3.20. The van der Waals surface area contributed by atoms with Crippen LogP contribution in [0.1, 0.15) is 59.4 Å². The van der Waals surface area contributed by atoms with Crippen molar-refractivity contribution in [1.82, 2.24) is 5.32 Å². The Morgan fingerprint density at radius 1 is 1.31 bits per heavy atom. The number of nitrogens with one attached hydrogen (secondary N) is 1. The number of ether oxygens (including phenoxy) is 1. The second-order valence-corrected chi connectivity index (χ2v) is 9.00. The molecule has 176 valence electrons. The minimum atomic E-state index is -0.671. The van der Waals surface area contributed by atoms with Gasteiger partial charge in [-0.25, -0.2) is 4.79 Å². The van der Waals surface area contributed by atoms with E-state index in [-0.39, 0.29) is 11.6 Å². The van der Waals surface area contributed by atoms with E-state index in [9.17, 15) is 19.7 Å². The molecule has 1 aliphatic rings. The molecule has 3 N–H and O–H groups in total. The van der Waals surface area contributed by atoms with E-state index in [2.05, 4.69) is 10.2 Å². The summed E-state index contributed by atoms with van der Waals surface area (Å²) in [4.78, 5) is 34.7. The first-order chi connectivity index (χ1) is 14.8. The number of rotatable bonds is 6. The summed E-state index contributed by atoms with van der Waals surface area (Å²) in [7, 11) is 0. The number of benzene rings is 1. The topological polar surface area (TPSA) is 152 Å². The van der Waals surface area contributed by atoms with Crippen molar-refractivity contribution in [2.24, 2.45) is 11.7 Å². The third kappa shape index (κ3) is 9.20. The van der Waals surface area contributed by atoms with Crippen LogP contribution < -0.4 is 16.0 Å². The van der Waals surface area contributed by atoms with Crippen molar-refractivity contribution in [3.05, 3.63) is 33.9 Å². The Hall–Kier alpha value is -3.35. The largest absolute Gasteiger partial charge is 0.444 e. The van der Waals surface area contributed by atoms with Crippen LogP contribution >= 0.6 is 0 Å². The molecule has 2 amide bonds. The van der Waals surface area contributed by atoms with Gasteiger partial charge in [-0.1, -0.05) is 13.8 Å². The summed E-state index contributed by atoms with van der Waals surface area (Å²) in [5.74, 6) is -0.271. The van der Waals surface area contributed by atoms with Crippen molar-refractivity contribution in [2.75, 3.05) is 18.0 Å². The van der Waals surface area contributed by atoms with Gasteiger partial charge in [0.2, 0.25) is 5.91 Å². The van der Waals surface area contributed by atoms with Crippen LogP contribution in [0.5, 0.6) is 0 Å². The lowest BCUT2D eigenvalue weighted by atomic mass is 10.0. The van der Waals surface area contributed by atoms with Crippen LogP contribution in [-0.2, 0) is 9.53 Å². The number of anilines is 1. The van der Waals surface area contributed by atoms with Crippen molar-refractivity contribution in [1.29, 1.82) is 5.26 Å². The number of nitriles is 1. The highest BCUT2D eigenvalue weighted by molar-refractivity contribution is 5.84. The SMILES string of the molecule is CC(C)C[C@H](NC(=O)OC(C)(C)C)C(N)=O.N#Cc1cc([N+](=O)[O-])ccc1N1CCCC1. The van der Waals surface area contributed by atoms with Crippen LogP contribution in [0.2, 0.25) is 0 Å². The first-order valence-corrected chi connectivity index (χ1v) is 10.6. The summed E-state index contributed by atoms with van der Waals surface area (Å²) in [5, 5.41) is 22.0. The summed E-state index contributed by atoms with van der Waals surface area (Å²) in [6.45, 7) is 11.0. The Morgan fingerprint density at radius 2 is 1.91 bits per heavy atom. The maximum atomic E-state index is 11.4. The predicted molar refractivity (Wildman–Crippen MR) is 121 cm³/mol. The van der Waals surface area contributed by atoms with Crippen molar-refractivity contribution in [2.45, 2.75) is 65.5 Å². The van der Waals surface area contributed by atoms with E-state index in [0.717, 1.165) is 31.6 Å². The van der Waals surface area contributed by atoms with Crippen molar-refractivity contribution in [3.8, 4) is 6.07 Å². The van der Waals surface area contributed by atoms with Gasteiger partial charge in [0.15, 0.2) is 0 Å². The van der Waals surface area contributed by atoms with E-state index in [4.69, 9.17) is 15.7 Å². The number of nitrogens with zero attached hydrogens (tertiary/aromatic N) is 3. The molecule has 0 spiro atoms. The summed E-state index contributed by atoms with van der Waals surface area (Å²) >= 11 is 0. The second-order valence-electron chi connectivity index (χ2n) is 9.00. The minimum Gasteiger partial charge on any atom is -0.444 e. The van der Waals surface area contributed by atoms with Gasteiger partial charge in [0.1, 0.15) is 17.7 Å². The molecule has 1 saturated heterocycles. The van der Waals surface area contributed by atoms with Gasteiger partial charge in [-0.05, 0) is 52.0 Å². The summed E-state index contributed by atoms with van der Waals surface area (Å²) in [5.41, 5.74) is 5.78. The van der Waals surface area contributed by atoms with E-state index in [1.165, 1.54) is 12.1 Å². The van der Waals surface area contributed by atoms with E-state index in [1.54, 1.807) is 26.8 Å². The number of amides is 2. The lowest BCUT2D eigenvalue weighted by molar-refractivity contribution is -0.384. The molecule has 1 atom stereocenters. The molecule has 0 aliphatic carbocycles. The van der Waals surface area contributed by atoms with Crippen LogP contribution in [0.15, 0.2) is 18.2 Å². The standard InChI is InChI=1S/C11H11N3O2.C11H22N2O3/c12-8-9-7-10(14(15)16)3-4-11(9)13-5-1-2-6-13;1-7(2)6-8(9(12)14)13-10(15)16-11(3,4)5/h3-4,7H,1-2,5-6H2;7-8H,6H2,1-5H3,(H2,12,14)(H,13,15)/t;8-/m.0/s1. The monoisotopic (exact) mass is 447 g/mol.